The minimum atomic E-state index is -2.04. The van der Waals surface area contributed by atoms with Crippen LogP contribution in [0.5, 0.6) is 23.0 Å². The number of benzene rings is 3. The number of hydrogen-bond acceptors (Lipinski definition) is 14. The van der Waals surface area contributed by atoms with Crippen molar-refractivity contribution < 1.29 is 58.9 Å². The van der Waals surface area contributed by atoms with Gasteiger partial charge in [0.15, 0.2) is 5.75 Å². The molecule has 4 aliphatic heterocycles. The minimum absolute atomic E-state index is 0.0546. The maximum absolute atomic E-state index is 14.7. The number of ether oxygens (including phenoxy) is 4. The Labute approximate surface area is 387 Å². The standard InChI is InChI=1S/C51H67N3O12/c1-25-22-28(4)35(29(5)23-25)24-53-17-19-54(20-18-53)41-40-45(59)38-37(46(41)60)39-48(33(9)44(38)58)66-51(11,49(39)61)64-21-16-36(63-12)30(6)47(65-34(10)55)32(8)43(57)31(7)42(56)26(2)14-13-15-27(3)50(62)52-40/h13-16,21-23,26,30-32,36,42-43,47,56-60H,17-20,24H2,1-12H3,(H,52,62)/b14-13+,21-16+,27-15-/t26-,30-,31+,32-,36-,42-,43+,47+,51-/m0/s1. The van der Waals surface area contributed by atoms with E-state index in [2.05, 4.69) is 43.1 Å². The molecule has 9 atom stereocenters. The van der Waals surface area contributed by atoms with Crippen LogP contribution < -0.4 is 15.0 Å². The smallest absolute Gasteiger partial charge is 0.312 e. The molecule has 3 aromatic carbocycles. The number of fused-ring (bicyclic) bond motifs is 14. The third-order valence-corrected chi connectivity index (χ3v) is 13.9. The fourth-order valence-electron chi connectivity index (χ4n) is 9.83. The summed E-state index contributed by atoms with van der Waals surface area (Å²) in [7, 11) is 1.45. The van der Waals surface area contributed by atoms with Crippen LogP contribution in [0.25, 0.3) is 10.8 Å². The second-order valence-corrected chi connectivity index (χ2v) is 18.7. The predicted molar refractivity (Wildman–Crippen MR) is 252 cm³/mol. The number of aryl methyl sites for hydroxylation is 3. The number of methoxy groups -OCH3 is 1. The Morgan fingerprint density at radius 3 is 2.11 bits per heavy atom. The Morgan fingerprint density at radius 2 is 1.50 bits per heavy atom. The van der Waals surface area contributed by atoms with E-state index in [4.69, 9.17) is 18.9 Å². The lowest BCUT2D eigenvalue weighted by atomic mass is 9.78. The molecule has 1 amide bonds. The zero-order chi connectivity index (χ0) is 48.7. The number of anilines is 2. The fraction of sp³-hybridized carbons (Fsp3) is 0.510. The van der Waals surface area contributed by atoms with E-state index in [1.54, 1.807) is 46.8 Å². The number of phenols is 3. The summed E-state index contributed by atoms with van der Waals surface area (Å²) in [6.45, 7) is 21.5. The molecule has 1 saturated heterocycles. The van der Waals surface area contributed by atoms with Gasteiger partial charge in [0.2, 0.25) is 0 Å². The fourth-order valence-corrected chi connectivity index (χ4v) is 9.83. The van der Waals surface area contributed by atoms with E-state index in [0.717, 1.165) is 0 Å². The molecule has 0 radical (unpaired) electrons. The molecule has 4 aliphatic rings. The van der Waals surface area contributed by atoms with Gasteiger partial charge in [-0.15, -0.1) is 0 Å². The van der Waals surface area contributed by atoms with Gasteiger partial charge in [0.25, 0.3) is 11.7 Å². The average Bonchev–Trinajstić information content (AvgIpc) is 3.53. The largest absolute Gasteiger partial charge is 0.507 e. The topological polar surface area (TPSA) is 208 Å². The zero-order valence-electron chi connectivity index (χ0n) is 40.2. The van der Waals surface area contributed by atoms with Crippen LogP contribution in [0.1, 0.15) is 86.6 Å². The lowest BCUT2D eigenvalue weighted by Crippen LogP contribution is -2.46. The first-order valence-electron chi connectivity index (χ1n) is 22.6. The molecule has 0 aliphatic carbocycles. The number of nitrogens with zero attached hydrogens (tertiary/aromatic N) is 2. The number of rotatable bonds is 5. The molecule has 6 N–H and O–H groups in total. The summed E-state index contributed by atoms with van der Waals surface area (Å²) in [4.78, 5) is 45.3. The van der Waals surface area contributed by atoms with Crippen LogP contribution in [0.4, 0.5) is 11.4 Å². The summed E-state index contributed by atoms with van der Waals surface area (Å²) in [5.41, 5.74) is 4.85. The highest BCUT2D eigenvalue weighted by molar-refractivity contribution is 6.23. The van der Waals surface area contributed by atoms with Crippen LogP contribution in [0.15, 0.2) is 48.3 Å². The monoisotopic (exact) mass is 913 g/mol. The first kappa shape index (κ1) is 49.8. The van der Waals surface area contributed by atoms with Gasteiger partial charge in [-0.2, -0.15) is 0 Å². The van der Waals surface area contributed by atoms with Crippen molar-refractivity contribution in [3.05, 3.63) is 81.7 Å². The number of allylic oxidation sites excluding steroid dienone is 2. The Bertz CT molecular complexity index is 2450. The quantitative estimate of drug-likeness (QED) is 0.0866. The summed E-state index contributed by atoms with van der Waals surface area (Å²) in [5.74, 6) is -8.03. The third-order valence-electron chi connectivity index (χ3n) is 13.9. The molecule has 0 saturated carbocycles. The third kappa shape index (κ3) is 9.49. The van der Waals surface area contributed by atoms with Crippen LogP contribution in [-0.2, 0) is 30.3 Å². The summed E-state index contributed by atoms with van der Waals surface area (Å²) >= 11 is 0. The van der Waals surface area contributed by atoms with Gasteiger partial charge in [-0.25, -0.2) is 0 Å². The van der Waals surface area contributed by atoms with Crippen LogP contribution in [-0.4, -0.2) is 112 Å². The highest BCUT2D eigenvalue weighted by atomic mass is 16.7. The number of ketones is 1. The highest BCUT2D eigenvalue weighted by Crippen LogP contribution is 2.57. The van der Waals surface area contributed by atoms with Gasteiger partial charge < -0.3 is 54.7 Å². The SMILES string of the molecule is CO[C@H]1/C=C/O[C@@]2(C)Oc3c(C)c(O)c4c(O)c(c(N5CCN(Cc6c(C)cc(C)cc6C)CC5)c(O)c4c3C2=O)NC(=O)/C(C)=C\C=C\[C@H](C)[C@H](O)[C@@H](C)[C@@H](O)[C@H](C)[C@H](OC(C)=O)[C@H]1C. The van der Waals surface area contributed by atoms with E-state index < -0.39 is 88.8 Å². The molecular weight excluding hydrogens is 847 g/mol. The summed E-state index contributed by atoms with van der Waals surface area (Å²) < 4.78 is 23.9. The molecule has 0 aromatic heterocycles. The molecule has 4 heterocycles. The molecule has 1 fully saturated rings. The molecule has 0 unspecified atom stereocenters. The van der Waals surface area contributed by atoms with Gasteiger partial charge in [0.05, 0.1) is 35.5 Å². The second-order valence-electron chi connectivity index (χ2n) is 18.7. The number of esters is 1. The van der Waals surface area contributed by atoms with Crippen LogP contribution in [0.3, 0.4) is 0 Å². The van der Waals surface area contributed by atoms with Gasteiger partial charge in [-0.1, -0.05) is 63.6 Å². The number of nitrogens with one attached hydrogen (secondary N) is 1. The van der Waals surface area contributed by atoms with E-state index >= 15 is 0 Å². The number of carbonyl (C=O) groups is 3. The molecule has 15 heteroatoms. The van der Waals surface area contributed by atoms with Crippen molar-refractivity contribution >= 4 is 39.8 Å². The Morgan fingerprint density at radius 1 is 0.864 bits per heavy atom. The molecule has 358 valence electrons. The van der Waals surface area contributed by atoms with Gasteiger partial charge in [-0.05, 0) is 57.4 Å². The molecule has 15 nitrogen and oxygen atoms in total. The van der Waals surface area contributed by atoms with Gasteiger partial charge in [0.1, 0.15) is 34.7 Å². The van der Waals surface area contributed by atoms with Crippen LogP contribution >= 0.6 is 0 Å². The van der Waals surface area contributed by atoms with Crippen molar-refractivity contribution in [2.24, 2.45) is 23.7 Å². The van der Waals surface area contributed by atoms with E-state index in [9.17, 15) is 39.9 Å². The van der Waals surface area contributed by atoms with Crippen molar-refractivity contribution in [3.8, 4) is 23.0 Å². The molecule has 7 rings (SSSR count). The van der Waals surface area contributed by atoms with Gasteiger partial charge >= 0.3 is 11.8 Å². The van der Waals surface area contributed by atoms with Crippen molar-refractivity contribution in [2.75, 3.05) is 43.5 Å². The van der Waals surface area contributed by atoms with Gasteiger partial charge in [-0.3, -0.25) is 19.3 Å². The molecule has 66 heavy (non-hydrogen) atoms. The van der Waals surface area contributed by atoms with Crippen molar-refractivity contribution in [1.29, 1.82) is 0 Å². The number of aliphatic hydroxyl groups excluding tert-OH is 2. The van der Waals surface area contributed by atoms with Crippen molar-refractivity contribution in [2.45, 2.75) is 113 Å². The maximum Gasteiger partial charge on any atom is 0.312 e. The van der Waals surface area contributed by atoms with E-state index in [-0.39, 0.29) is 44.6 Å². The Hall–Kier alpha value is -5.61. The van der Waals surface area contributed by atoms with E-state index in [1.807, 2.05) is 4.90 Å². The number of Topliss-reactive ketones (excluding diaryl/α,β-unsaturated/α-hetero) is 1. The molecule has 5 bridgehead atoms. The zero-order valence-corrected chi connectivity index (χ0v) is 40.2. The van der Waals surface area contributed by atoms with Crippen LogP contribution in [0.2, 0.25) is 0 Å². The number of phenolic OH excluding ortho intramolecular Hbond substituents is 3. The number of carbonyl (C=O) groups excluding carboxylic acids is 3. The maximum atomic E-state index is 14.7. The summed E-state index contributed by atoms with van der Waals surface area (Å²) in [5, 5.41) is 61.9. The second kappa shape index (κ2) is 19.7. The highest BCUT2D eigenvalue weighted by Gasteiger charge is 2.50. The van der Waals surface area contributed by atoms with E-state index in [0.29, 0.717) is 32.7 Å². The minimum Gasteiger partial charge on any atom is -0.507 e. The molecular formula is C51H67N3O12. The Balaban J connectivity index is 1.48. The van der Waals surface area contributed by atoms with Crippen molar-refractivity contribution in [1.82, 2.24) is 4.90 Å². The number of aromatic hydroxyl groups is 3. The predicted octanol–water partition coefficient (Wildman–Crippen LogP) is 7.00. The number of amides is 1. The van der Waals surface area contributed by atoms with Crippen molar-refractivity contribution in [3.63, 3.8) is 0 Å². The first-order valence-corrected chi connectivity index (χ1v) is 22.6. The first-order chi connectivity index (χ1) is 31.0. The number of aliphatic hydroxyl groups is 2. The lowest BCUT2D eigenvalue weighted by Gasteiger charge is -2.38. The lowest BCUT2D eigenvalue weighted by molar-refractivity contribution is -0.160. The average molecular weight is 914 g/mol. The number of hydrogen-bond donors (Lipinski definition) is 6. The summed E-state index contributed by atoms with van der Waals surface area (Å²) in [6, 6.07) is 4.33. The van der Waals surface area contributed by atoms with E-state index in [1.165, 1.54) is 68.5 Å². The molecule has 0 spiro atoms. The molecule has 3 aromatic rings. The van der Waals surface area contributed by atoms with Crippen LogP contribution in [0, 0.1) is 51.4 Å². The van der Waals surface area contributed by atoms with Gasteiger partial charge in [0, 0.05) is 93.9 Å². The Kier molecular flexibility index (Phi) is 14.9. The number of piperazine rings is 1. The normalized spacial score (nSPS) is 29.8. The summed E-state index contributed by atoms with van der Waals surface area (Å²) in [6.07, 6.45) is 3.71.